The largest absolute Gasteiger partial charge is 0.388 e. The highest BCUT2D eigenvalue weighted by Gasteiger charge is 2.38. The van der Waals surface area contributed by atoms with E-state index in [0.29, 0.717) is 0 Å². The lowest BCUT2D eigenvalue weighted by Gasteiger charge is -2.35. The average molecular weight is 243 g/mol. The molecule has 1 aromatic rings. The number of nitrogen functional groups attached to an aromatic ring is 1. The van der Waals surface area contributed by atoms with Gasteiger partial charge in [-0.2, -0.15) is 4.98 Å². The van der Waals surface area contributed by atoms with Crippen LogP contribution in [-0.2, 0) is 4.74 Å². The molecule has 4 atom stereocenters. The van der Waals surface area contributed by atoms with Gasteiger partial charge in [-0.05, 0) is 6.07 Å². The zero-order valence-corrected chi connectivity index (χ0v) is 8.80. The fraction of sp³-hybridized carbons (Fsp3) is 0.556. The molecule has 2 rings (SSSR count). The van der Waals surface area contributed by atoms with Gasteiger partial charge in [0, 0.05) is 6.20 Å². The Morgan fingerprint density at radius 2 is 2.12 bits per heavy atom. The maximum absolute atomic E-state index is 11.5. The number of aromatic nitrogens is 2. The van der Waals surface area contributed by atoms with Gasteiger partial charge in [0.15, 0.2) is 6.23 Å². The van der Waals surface area contributed by atoms with Gasteiger partial charge in [0.1, 0.15) is 24.1 Å². The third-order valence-corrected chi connectivity index (χ3v) is 2.60. The first-order valence-corrected chi connectivity index (χ1v) is 5.01. The first-order valence-electron chi connectivity index (χ1n) is 5.01. The zero-order chi connectivity index (χ0) is 12.6. The molecule has 1 aliphatic heterocycles. The molecule has 5 N–H and O–H groups in total. The molecule has 0 bridgehead atoms. The van der Waals surface area contributed by atoms with Crippen LogP contribution in [0.25, 0.3) is 0 Å². The highest BCUT2D eigenvalue weighted by Crippen LogP contribution is 2.22. The SMILES string of the molecule is Nc1ccn(C2OC[C@@H](O)[C@H](O)[C@H]2O)c(=O)n1. The van der Waals surface area contributed by atoms with Gasteiger partial charge in [0.2, 0.25) is 0 Å². The third kappa shape index (κ3) is 2.15. The Labute approximate surface area is 95.9 Å². The van der Waals surface area contributed by atoms with Crippen LogP contribution in [0.3, 0.4) is 0 Å². The van der Waals surface area contributed by atoms with E-state index in [1.54, 1.807) is 0 Å². The van der Waals surface area contributed by atoms with Crippen molar-refractivity contribution in [2.24, 2.45) is 0 Å². The van der Waals surface area contributed by atoms with E-state index >= 15 is 0 Å². The number of ether oxygens (including phenoxy) is 1. The van der Waals surface area contributed by atoms with Crippen molar-refractivity contribution in [3.8, 4) is 0 Å². The van der Waals surface area contributed by atoms with E-state index in [4.69, 9.17) is 10.5 Å². The van der Waals surface area contributed by atoms with E-state index in [1.807, 2.05) is 0 Å². The second kappa shape index (κ2) is 4.41. The molecular formula is C9H13N3O5. The Kier molecular flexibility index (Phi) is 3.11. The van der Waals surface area contributed by atoms with Crippen molar-refractivity contribution < 1.29 is 20.1 Å². The van der Waals surface area contributed by atoms with Gasteiger partial charge in [-0.3, -0.25) is 4.57 Å². The molecular weight excluding hydrogens is 230 g/mol. The van der Waals surface area contributed by atoms with Crippen LogP contribution in [0, 0.1) is 0 Å². The Bertz CT molecular complexity index is 462. The average Bonchev–Trinajstić information content (AvgIpc) is 2.28. The second-order valence-electron chi connectivity index (χ2n) is 3.81. The molecule has 0 amide bonds. The molecule has 1 aromatic heterocycles. The summed E-state index contributed by atoms with van der Waals surface area (Å²) < 4.78 is 6.11. The van der Waals surface area contributed by atoms with Crippen LogP contribution in [0.5, 0.6) is 0 Å². The van der Waals surface area contributed by atoms with Crippen molar-refractivity contribution in [1.29, 1.82) is 0 Å². The lowest BCUT2D eigenvalue weighted by atomic mass is 10.0. The first-order chi connectivity index (χ1) is 8.00. The van der Waals surface area contributed by atoms with E-state index in [9.17, 15) is 20.1 Å². The lowest BCUT2D eigenvalue weighted by molar-refractivity contribution is -0.212. The Balaban J connectivity index is 2.31. The summed E-state index contributed by atoms with van der Waals surface area (Å²) in [5, 5.41) is 28.5. The van der Waals surface area contributed by atoms with E-state index in [1.165, 1.54) is 12.3 Å². The summed E-state index contributed by atoms with van der Waals surface area (Å²) in [5.41, 5.74) is 4.63. The third-order valence-electron chi connectivity index (χ3n) is 2.60. The number of aliphatic hydroxyl groups is 3. The summed E-state index contributed by atoms with van der Waals surface area (Å²) >= 11 is 0. The molecule has 1 saturated heterocycles. The summed E-state index contributed by atoms with van der Waals surface area (Å²) in [6, 6.07) is 1.37. The van der Waals surface area contributed by atoms with E-state index < -0.39 is 30.2 Å². The van der Waals surface area contributed by atoms with Crippen LogP contribution in [0.1, 0.15) is 6.23 Å². The van der Waals surface area contributed by atoms with Gasteiger partial charge >= 0.3 is 5.69 Å². The lowest BCUT2D eigenvalue weighted by Crippen LogP contribution is -2.52. The smallest absolute Gasteiger partial charge is 0.351 e. The van der Waals surface area contributed by atoms with Gasteiger partial charge < -0.3 is 25.8 Å². The predicted octanol–water partition coefficient (Wildman–Crippen LogP) is -2.56. The van der Waals surface area contributed by atoms with Crippen LogP contribution in [0.4, 0.5) is 5.82 Å². The fourth-order valence-corrected chi connectivity index (χ4v) is 1.66. The molecule has 94 valence electrons. The number of nitrogens with two attached hydrogens (primary N) is 1. The number of rotatable bonds is 1. The predicted molar refractivity (Wildman–Crippen MR) is 55.9 cm³/mol. The molecule has 0 aliphatic carbocycles. The Morgan fingerprint density at radius 3 is 2.76 bits per heavy atom. The summed E-state index contributed by atoms with van der Waals surface area (Å²) in [6.45, 7) is -0.181. The highest BCUT2D eigenvalue weighted by atomic mass is 16.5. The minimum Gasteiger partial charge on any atom is -0.388 e. The van der Waals surface area contributed by atoms with Gasteiger partial charge in [-0.25, -0.2) is 4.79 Å². The summed E-state index contributed by atoms with van der Waals surface area (Å²) in [7, 11) is 0. The van der Waals surface area contributed by atoms with Gasteiger partial charge in [0.05, 0.1) is 6.61 Å². The van der Waals surface area contributed by atoms with Crippen LogP contribution >= 0.6 is 0 Å². The van der Waals surface area contributed by atoms with E-state index in [0.717, 1.165) is 4.57 Å². The molecule has 1 unspecified atom stereocenters. The summed E-state index contributed by atoms with van der Waals surface area (Å²) in [6.07, 6.45) is -3.75. The maximum Gasteiger partial charge on any atom is 0.351 e. The monoisotopic (exact) mass is 243 g/mol. The van der Waals surface area contributed by atoms with Crippen molar-refractivity contribution in [2.45, 2.75) is 24.5 Å². The number of hydrogen-bond donors (Lipinski definition) is 4. The van der Waals surface area contributed by atoms with Crippen LogP contribution in [0.2, 0.25) is 0 Å². The molecule has 8 nitrogen and oxygen atoms in total. The molecule has 0 spiro atoms. The molecule has 8 heteroatoms. The minimum absolute atomic E-state index is 0.0529. The van der Waals surface area contributed by atoms with Crippen LogP contribution in [-0.4, -0.2) is 49.8 Å². The van der Waals surface area contributed by atoms with Gasteiger partial charge in [-0.1, -0.05) is 0 Å². The fourth-order valence-electron chi connectivity index (χ4n) is 1.66. The molecule has 1 aliphatic rings. The van der Waals surface area contributed by atoms with Crippen LogP contribution < -0.4 is 11.4 Å². The molecule has 2 heterocycles. The standard InChI is InChI=1S/C9H13N3O5/c10-5-1-2-12(9(16)11-5)8-7(15)6(14)4(13)3-17-8/h1-2,4,6-8,13-15H,3H2,(H2,10,11,16)/t4-,6+,7-,8?/m1/s1. The van der Waals surface area contributed by atoms with Crippen molar-refractivity contribution in [1.82, 2.24) is 9.55 Å². The second-order valence-corrected chi connectivity index (χ2v) is 3.81. The van der Waals surface area contributed by atoms with E-state index in [2.05, 4.69) is 4.98 Å². The number of aliphatic hydroxyl groups excluding tert-OH is 3. The molecule has 0 saturated carbocycles. The molecule has 1 fully saturated rings. The summed E-state index contributed by atoms with van der Waals surface area (Å²) in [4.78, 5) is 15.0. The highest BCUT2D eigenvalue weighted by molar-refractivity contribution is 5.23. The van der Waals surface area contributed by atoms with Crippen molar-refractivity contribution in [3.63, 3.8) is 0 Å². The minimum atomic E-state index is -1.41. The first kappa shape index (κ1) is 12.0. The van der Waals surface area contributed by atoms with Crippen molar-refractivity contribution >= 4 is 5.82 Å². The number of anilines is 1. The van der Waals surface area contributed by atoms with Crippen LogP contribution in [0.15, 0.2) is 17.1 Å². The molecule has 17 heavy (non-hydrogen) atoms. The normalized spacial score (nSPS) is 33.6. The topological polar surface area (TPSA) is 131 Å². The molecule has 0 aromatic carbocycles. The Hall–Kier alpha value is -1.48. The summed E-state index contributed by atoms with van der Waals surface area (Å²) in [5.74, 6) is 0.0529. The number of hydrogen-bond acceptors (Lipinski definition) is 7. The Morgan fingerprint density at radius 1 is 1.41 bits per heavy atom. The van der Waals surface area contributed by atoms with Crippen molar-refractivity contribution in [2.75, 3.05) is 12.3 Å². The quantitative estimate of drug-likeness (QED) is 0.426. The zero-order valence-electron chi connectivity index (χ0n) is 8.80. The van der Waals surface area contributed by atoms with Crippen molar-refractivity contribution in [3.05, 3.63) is 22.7 Å². The van der Waals surface area contributed by atoms with Gasteiger partial charge in [-0.15, -0.1) is 0 Å². The van der Waals surface area contributed by atoms with Gasteiger partial charge in [0.25, 0.3) is 0 Å². The number of nitrogens with zero attached hydrogens (tertiary/aromatic N) is 2. The molecule has 0 radical (unpaired) electrons. The van der Waals surface area contributed by atoms with E-state index in [-0.39, 0.29) is 12.4 Å². The maximum atomic E-state index is 11.5.